The summed E-state index contributed by atoms with van der Waals surface area (Å²) in [4.78, 5) is 31.6. The van der Waals surface area contributed by atoms with Gasteiger partial charge < -0.3 is 9.52 Å². The van der Waals surface area contributed by atoms with E-state index < -0.39 is 11.6 Å². The van der Waals surface area contributed by atoms with Gasteiger partial charge in [-0.1, -0.05) is 13.3 Å². The number of hydrogen-bond donors (Lipinski definition) is 1. The van der Waals surface area contributed by atoms with Gasteiger partial charge in [-0.2, -0.15) is 0 Å². The van der Waals surface area contributed by atoms with Crippen LogP contribution in [0.2, 0.25) is 0 Å². The van der Waals surface area contributed by atoms with Crippen molar-refractivity contribution in [2.75, 3.05) is 26.2 Å². The van der Waals surface area contributed by atoms with Crippen molar-refractivity contribution in [1.82, 2.24) is 14.7 Å². The van der Waals surface area contributed by atoms with Crippen LogP contribution in [-0.4, -0.2) is 75.5 Å². The third-order valence-corrected chi connectivity index (χ3v) is 5.72. The number of β-amino-alcohol motifs (C(OH)–C–C–N with tert-alkyl or cyclic N) is 1. The van der Waals surface area contributed by atoms with Crippen molar-refractivity contribution in [3.63, 3.8) is 0 Å². The number of furan rings is 1. The number of carbonyl (C=O) groups excluding carboxylic acids is 2. The lowest BCUT2D eigenvalue weighted by molar-refractivity contribution is -0.180. The van der Waals surface area contributed by atoms with Crippen molar-refractivity contribution in [1.29, 1.82) is 0 Å². The molecule has 7 heteroatoms. The highest BCUT2D eigenvalue weighted by Crippen LogP contribution is 2.40. The third kappa shape index (κ3) is 2.61. The number of likely N-dealkylation sites (tertiary alicyclic amines) is 1. The van der Waals surface area contributed by atoms with Crippen LogP contribution < -0.4 is 0 Å². The van der Waals surface area contributed by atoms with Crippen molar-refractivity contribution in [2.45, 2.75) is 50.4 Å². The zero-order valence-electron chi connectivity index (χ0n) is 14.6. The molecular formula is C18H25N3O4. The van der Waals surface area contributed by atoms with E-state index in [1.165, 1.54) is 4.90 Å². The highest BCUT2D eigenvalue weighted by Gasteiger charge is 2.63. The van der Waals surface area contributed by atoms with E-state index in [1.807, 2.05) is 11.0 Å². The van der Waals surface area contributed by atoms with Crippen LogP contribution in [0, 0.1) is 0 Å². The van der Waals surface area contributed by atoms with Crippen LogP contribution in [0.4, 0.5) is 0 Å². The van der Waals surface area contributed by atoms with Crippen molar-refractivity contribution in [2.24, 2.45) is 0 Å². The van der Waals surface area contributed by atoms with Gasteiger partial charge in [0.25, 0.3) is 5.91 Å². The molecule has 3 saturated heterocycles. The smallest absolute Gasteiger partial charge is 0.252 e. The second-order valence-electron chi connectivity index (χ2n) is 7.51. The van der Waals surface area contributed by atoms with Gasteiger partial charge in [0.1, 0.15) is 5.54 Å². The van der Waals surface area contributed by atoms with E-state index in [4.69, 9.17) is 4.42 Å². The van der Waals surface area contributed by atoms with Crippen molar-refractivity contribution >= 4 is 11.8 Å². The predicted molar refractivity (Wildman–Crippen MR) is 89.5 cm³/mol. The number of imide groups is 1. The summed E-state index contributed by atoms with van der Waals surface area (Å²) in [6.45, 7) is 4.86. The number of nitrogens with zero attached hydrogens (tertiary/aromatic N) is 3. The van der Waals surface area contributed by atoms with Crippen LogP contribution in [0.5, 0.6) is 0 Å². The number of unbranched alkanes of at least 4 members (excludes halogenated alkanes) is 1. The zero-order valence-corrected chi connectivity index (χ0v) is 14.6. The zero-order chi connectivity index (χ0) is 17.6. The topological polar surface area (TPSA) is 77.2 Å². The molecule has 3 aliphatic rings. The number of fused-ring (bicyclic) bond motifs is 2. The normalized spacial score (nSPS) is 29.3. The Labute approximate surface area is 147 Å². The largest absolute Gasteiger partial charge is 0.472 e. The maximum atomic E-state index is 13.2. The van der Waals surface area contributed by atoms with Crippen LogP contribution in [-0.2, 0) is 16.1 Å². The Morgan fingerprint density at radius 1 is 1.36 bits per heavy atom. The molecule has 0 aliphatic carbocycles. The molecule has 136 valence electrons. The summed E-state index contributed by atoms with van der Waals surface area (Å²) in [5.74, 6) is -0.214. The lowest BCUT2D eigenvalue weighted by atomic mass is 9.82. The second-order valence-corrected chi connectivity index (χ2v) is 7.51. The highest BCUT2D eigenvalue weighted by atomic mass is 16.3. The molecule has 25 heavy (non-hydrogen) atoms. The van der Waals surface area contributed by atoms with Crippen molar-refractivity contribution in [3.05, 3.63) is 24.2 Å². The van der Waals surface area contributed by atoms with Crippen LogP contribution in [0.15, 0.2) is 23.0 Å². The van der Waals surface area contributed by atoms with Gasteiger partial charge >= 0.3 is 0 Å². The monoisotopic (exact) mass is 347 g/mol. The summed E-state index contributed by atoms with van der Waals surface area (Å²) in [6.07, 6.45) is 5.02. The van der Waals surface area contributed by atoms with E-state index >= 15 is 0 Å². The summed E-state index contributed by atoms with van der Waals surface area (Å²) in [5.41, 5.74) is 0.420. The molecule has 0 unspecified atom stereocenters. The highest BCUT2D eigenvalue weighted by molar-refractivity contribution is 6.06. The molecule has 2 atom stereocenters. The summed E-state index contributed by atoms with van der Waals surface area (Å²) >= 11 is 0. The molecular weight excluding hydrogens is 322 g/mol. The molecule has 7 nitrogen and oxygen atoms in total. The first-order valence-electron chi connectivity index (χ1n) is 9.09. The molecule has 4 rings (SSSR count). The minimum atomic E-state index is -0.659. The van der Waals surface area contributed by atoms with Crippen LogP contribution in [0.3, 0.4) is 0 Å². The van der Waals surface area contributed by atoms with Gasteiger partial charge in [0.05, 0.1) is 24.7 Å². The fraction of sp³-hybridized carbons (Fsp3) is 0.667. The molecule has 1 spiro atoms. The Bertz CT molecular complexity index is 653. The molecule has 0 saturated carbocycles. The molecule has 4 heterocycles. The molecule has 3 fully saturated rings. The molecule has 0 radical (unpaired) electrons. The fourth-order valence-corrected chi connectivity index (χ4v) is 4.47. The molecule has 3 aliphatic heterocycles. The molecule has 1 N–H and O–H groups in total. The first-order valence-corrected chi connectivity index (χ1v) is 9.09. The first kappa shape index (κ1) is 16.8. The molecule has 0 bridgehead atoms. The van der Waals surface area contributed by atoms with Crippen LogP contribution >= 0.6 is 0 Å². The molecule has 1 aromatic rings. The Kier molecular flexibility index (Phi) is 4.17. The number of rotatable bonds is 5. The SMILES string of the molecule is CCCCN1C(=O)[C@@H]2C[C@@H](O)CN2C2(CN(Cc3ccoc3)C2)C1=O. The van der Waals surface area contributed by atoms with E-state index in [0.717, 1.165) is 24.9 Å². The number of hydrogen-bond acceptors (Lipinski definition) is 6. The average Bonchev–Trinajstić information content (AvgIpc) is 3.19. The standard InChI is InChI=1S/C18H25N3O4/c1-2-3-5-20-16(23)15-7-14(22)9-21(15)18(17(20)24)11-19(12-18)8-13-4-6-25-10-13/h4,6,10,14-15,22H,2-3,5,7-9,11-12H2,1H3/t14-,15+/m1/s1. The van der Waals surface area contributed by atoms with Gasteiger partial charge in [0.15, 0.2) is 0 Å². The van der Waals surface area contributed by atoms with Gasteiger partial charge in [-0.15, -0.1) is 0 Å². The molecule has 1 aromatic heterocycles. The number of aliphatic hydroxyl groups excluding tert-OH is 1. The summed E-state index contributed by atoms with van der Waals surface area (Å²) < 4.78 is 5.11. The first-order chi connectivity index (χ1) is 12.0. The summed E-state index contributed by atoms with van der Waals surface area (Å²) in [6, 6.07) is 1.56. The summed E-state index contributed by atoms with van der Waals surface area (Å²) in [7, 11) is 0. The fourth-order valence-electron chi connectivity index (χ4n) is 4.47. The van der Waals surface area contributed by atoms with E-state index in [2.05, 4.69) is 11.8 Å². The van der Waals surface area contributed by atoms with Gasteiger partial charge in [-0.25, -0.2) is 0 Å². The van der Waals surface area contributed by atoms with E-state index in [1.54, 1.807) is 12.5 Å². The van der Waals surface area contributed by atoms with Crippen molar-refractivity contribution < 1.29 is 19.1 Å². The molecule has 2 amide bonds. The van der Waals surface area contributed by atoms with Crippen LogP contribution in [0.25, 0.3) is 0 Å². The van der Waals surface area contributed by atoms with Gasteiger partial charge in [-0.3, -0.25) is 24.3 Å². The Morgan fingerprint density at radius 3 is 2.84 bits per heavy atom. The Morgan fingerprint density at radius 2 is 2.16 bits per heavy atom. The molecule has 0 aromatic carbocycles. The van der Waals surface area contributed by atoms with Gasteiger partial charge in [0.2, 0.25) is 5.91 Å². The third-order valence-electron chi connectivity index (χ3n) is 5.72. The maximum absolute atomic E-state index is 13.2. The van der Waals surface area contributed by atoms with Gasteiger partial charge in [-0.05, 0) is 18.9 Å². The lowest BCUT2D eigenvalue weighted by Crippen LogP contribution is -2.81. The average molecular weight is 347 g/mol. The second kappa shape index (κ2) is 6.23. The minimum absolute atomic E-state index is 0.0836. The predicted octanol–water partition coefficient (Wildman–Crippen LogP) is 0.438. The van der Waals surface area contributed by atoms with E-state index in [9.17, 15) is 14.7 Å². The number of aliphatic hydroxyl groups is 1. The van der Waals surface area contributed by atoms with E-state index in [0.29, 0.717) is 32.6 Å². The Hall–Kier alpha value is -1.70. The van der Waals surface area contributed by atoms with E-state index in [-0.39, 0.29) is 17.9 Å². The number of amides is 2. The number of piperazine rings is 1. The quantitative estimate of drug-likeness (QED) is 0.779. The van der Waals surface area contributed by atoms with Gasteiger partial charge in [0, 0.05) is 38.3 Å². The van der Waals surface area contributed by atoms with Crippen LogP contribution in [0.1, 0.15) is 31.7 Å². The maximum Gasteiger partial charge on any atom is 0.252 e. The summed E-state index contributed by atoms with van der Waals surface area (Å²) in [5, 5.41) is 10.1. The Balaban J connectivity index is 1.55. The van der Waals surface area contributed by atoms with Crippen molar-refractivity contribution in [3.8, 4) is 0 Å². The number of carbonyl (C=O) groups is 2. The lowest BCUT2D eigenvalue weighted by Gasteiger charge is -2.58. The minimum Gasteiger partial charge on any atom is -0.472 e.